The van der Waals surface area contributed by atoms with Gasteiger partial charge in [0.2, 0.25) is 0 Å². The van der Waals surface area contributed by atoms with Crippen molar-refractivity contribution in [2.45, 2.75) is 26.0 Å². The molecule has 1 rings (SSSR count). The number of hydrogen-bond donors (Lipinski definition) is 2. The second kappa shape index (κ2) is 6.58. The van der Waals surface area contributed by atoms with Crippen LogP contribution in [0.2, 0.25) is 0 Å². The predicted octanol–water partition coefficient (Wildman–Crippen LogP) is 2.38. The maximum Gasteiger partial charge on any atom is 0.131 e. The molecule has 0 spiro atoms. The van der Waals surface area contributed by atoms with Crippen LogP contribution in [0.25, 0.3) is 0 Å². The Kier molecular flexibility index (Phi) is 5.38. The van der Waals surface area contributed by atoms with Gasteiger partial charge < -0.3 is 10.6 Å². The largest absolute Gasteiger partial charge is 0.370 e. The van der Waals surface area contributed by atoms with Gasteiger partial charge in [-0.15, -0.1) is 0 Å². The number of nitrogens with one attached hydrogen (secondary N) is 2. The first kappa shape index (κ1) is 13.1. The van der Waals surface area contributed by atoms with Gasteiger partial charge in [-0.1, -0.05) is 6.92 Å². The van der Waals surface area contributed by atoms with Crippen LogP contribution >= 0.6 is 11.8 Å². The molecule has 0 aromatic carbocycles. The lowest BCUT2D eigenvalue weighted by Gasteiger charge is -2.12. The third-order valence-corrected chi connectivity index (χ3v) is 3.14. The zero-order valence-electron chi connectivity index (χ0n) is 10.4. The molecule has 1 heterocycles. The van der Waals surface area contributed by atoms with Crippen LogP contribution in [0.4, 0.5) is 11.6 Å². The summed E-state index contributed by atoms with van der Waals surface area (Å²) in [5, 5.41) is 7.10. The van der Waals surface area contributed by atoms with Gasteiger partial charge in [0.15, 0.2) is 0 Å². The number of thioether (sulfide) groups is 1. The zero-order chi connectivity index (χ0) is 12.0. The summed E-state index contributed by atoms with van der Waals surface area (Å²) in [6.45, 7) is 7.95. The van der Waals surface area contributed by atoms with Crippen LogP contribution in [-0.4, -0.2) is 34.6 Å². The van der Waals surface area contributed by atoms with Crippen molar-refractivity contribution >= 4 is 23.4 Å². The minimum Gasteiger partial charge on any atom is -0.370 e. The number of aromatic nitrogens is 2. The standard InChI is InChI=1S/C11H20N4S/c1-5-12-10-6-11(15-9(3)14-10)13-7-8(2)16-4/h6,8H,5,7H2,1-4H3,(H2,12,13,14,15). The summed E-state index contributed by atoms with van der Waals surface area (Å²) >= 11 is 1.84. The number of anilines is 2. The smallest absolute Gasteiger partial charge is 0.131 e. The lowest BCUT2D eigenvalue weighted by Crippen LogP contribution is -2.14. The number of hydrogen-bond acceptors (Lipinski definition) is 5. The molecule has 16 heavy (non-hydrogen) atoms. The summed E-state index contributed by atoms with van der Waals surface area (Å²) in [5.74, 6) is 2.57. The average molecular weight is 240 g/mol. The molecule has 0 aliphatic heterocycles. The highest BCUT2D eigenvalue weighted by molar-refractivity contribution is 7.99. The van der Waals surface area contributed by atoms with Gasteiger partial charge in [0.1, 0.15) is 17.5 Å². The van der Waals surface area contributed by atoms with Crippen LogP contribution in [-0.2, 0) is 0 Å². The molecule has 1 atom stereocenters. The fourth-order valence-electron chi connectivity index (χ4n) is 1.26. The van der Waals surface area contributed by atoms with Gasteiger partial charge in [0, 0.05) is 24.4 Å². The highest BCUT2D eigenvalue weighted by Crippen LogP contribution is 2.12. The molecule has 0 radical (unpaired) electrons. The third-order valence-electron chi connectivity index (χ3n) is 2.17. The molecule has 0 saturated heterocycles. The van der Waals surface area contributed by atoms with E-state index in [1.807, 2.05) is 24.8 Å². The van der Waals surface area contributed by atoms with E-state index in [4.69, 9.17) is 0 Å². The molecule has 0 saturated carbocycles. The van der Waals surface area contributed by atoms with Crippen LogP contribution in [0.3, 0.4) is 0 Å². The van der Waals surface area contributed by atoms with Gasteiger partial charge in [-0.05, 0) is 20.1 Å². The van der Waals surface area contributed by atoms with Crippen molar-refractivity contribution in [3.05, 3.63) is 11.9 Å². The van der Waals surface area contributed by atoms with Crippen molar-refractivity contribution < 1.29 is 0 Å². The quantitative estimate of drug-likeness (QED) is 0.799. The fraction of sp³-hybridized carbons (Fsp3) is 0.636. The van der Waals surface area contributed by atoms with Gasteiger partial charge >= 0.3 is 0 Å². The molecule has 1 unspecified atom stereocenters. The highest BCUT2D eigenvalue weighted by atomic mass is 32.2. The van der Waals surface area contributed by atoms with Crippen molar-refractivity contribution in [3.8, 4) is 0 Å². The van der Waals surface area contributed by atoms with Crippen LogP contribution in [0.5, 0.6) is 0 Å². The molecule has 4 nitrogen and oxygen atoms in total. The minimum atomic E-state index is 0.581. The molecule has 0 amide bonds. The van der Waals surface area contributed by atoms with E-state index in [0.29, 0.717) is 5.25 Å². The van der Waals surface area contributed by atoms with Gasteiger partial charge in [0.05, 0.1) is 0 Å². The topological polar surface area (TPSA) is 49.8 Å². The summed E-state index contributed by atoms with van der Waals surface area (Å²) in [5.41, 5.74) is 0. The Morgan fingerprint density at radius 3 is 2.50 bits per heavy atom. The average Bonchev–Trinajstić information content (AvgIpc) is 2.25. The van der Waals surface area contributed by atoms with E-state index in [0.717, 1.165) is 30.5 Å². The molecule has 0 aliphatic carbocycles. The fourth-order valence-corrected chi connectivity index (χ4v) is 1.51. The number of aryl methyl sites for hydroxylation is 1. The molecular formula is C11H20N4S. The van der Waals surface area contributed by atoms with E-state index in [2.05, 4.69) is 40.7 Å². The van der Waals surface area contributed by atoms with Crippen LogP contribution in [0.1, 0.15) is 19.7 Å². The van der Waals surface area contributed by atoms with Crippen molar-refractivity contribution in [1.82, 2.24) is 9.97 Å². The lowest BCUT2D eigenvalue weighted by atomic mass is 10.4. The van der Waals surface area contributed by atoms with Gasteiger partial charge in [0.25, 0.3) is 0 Å². The summed E-state index contributed by atoms with van der Waals surface area (Å²) in [6.07, 6.45) is 2.11. The van der Waals surface area contributed by atoms with E-state index in [1.54, 1.807) is 0 Å². The highest BCUT2D eigenvalue weighted by Gasteiger charge is 2.03. The number of rotatable bonds is 6. The first-order valence-electron chi connectivity index (χ1n) is 5.52. The Morgan fingerprint density at radius 1 is 1.31 bits per heavy atom. The summed E-state index contributed by atoms with van der Waals surface area (Å²) < 4.78 is 0. The normalized spacial score (nSPS) is 12.2. The Morgan fingerprint density at radius 2 is 1.94 bits per heavy atom. The summed E-state index contributed by atoms with van der Waals surface area (Å²) in [6, 6.07) is 1.95. The Balaban J connectivity index is 2.64. The SMILES string of the molecule is CCNc1cc(NCC(C)SC)nc(C)n1. The molecule has 2 N–H and O–H groups in total. The Hall–Kier alpha value is -0.970. The van der Waals surface area contributed by atoms with Gasteiger partial charge in [-0.25, -0.2) is 9.97 Å². The third kappa shape index (κ3) is 4.26. The maximum absolute atomic E-state index is 4.35. The molecule has 0 bridgehead atoms. The first-order valence-corrected chi connectivity index (χ1v) is 6.80. The van der Waals surface area contributed by atoms with Crippen molar-refractivity contribution in [1.29, 1.82) is 0 Å². The van der Waals surface area contributed by atoms with E-state index in [-0.39, 0.29) is 0 Å². The van der Waals surface area contributed by atoms with Crippen molar-refractivity contribution in [2.75, 3.05) is 30.0 Å². The van der Waals surface area contributed by atoms with Gasteiger partial charge in [-0.2, -0.15) is 11.8 Å². The van der Waals surface area contributed by atoms with Crippen molar-refractivity contribution in [2.24, 2.45) is 0 Å². The minimum absolute atomic E-state index is 0.581. The van der Waals surface area contributed by atoms with E-state index in [1.165, 1.54) is 0 Å². The second-order valence-electron chi connectivity index (χ2n) is 3.64. The number of nitrogens with zero attached hydrogens (tertiary/aromatic N) is 2. The summed E-state index contributed by atoms with van der Waals surface area (Å²) in [4.78, 5) is 8.65. The van der Waals surface area contributed by atoms with E-state index in [9.17, 15) is 0 Å². The molecule has 0 fully saturated rings. The van der Waals surface area contributed by atoms with Gasteiger partial charge in [-0.3, -0.25) is 0 Å². The summed E-state index contributed by atoms with van der Waals surface area (Å²) in [7, 11) is 0. The Bertz CT molecular complexity index is 330. The predicted molar refractivity (Wildman–Crippen MR) is 72.4 cm³/mol. The Labute approximate surface area is 102 Å². The van der Waals surface area contributed by atoms with Crippen LogP contribution < -0.4 is 10.6 Å². The lowest BCUT2D eigenvalue weighted by molar-refractivity contribution is 0.969. The molecule has 1 aromatic heterocycles. The molecule has 90 valence electrons. The van der Waals surface area contributed by atoms with Crippen LogP contribution in [0, 0.1) is 6.92 Å². The molecular weight excluding hydrogens is 220 g/mol. The van der Waals surface area contributed by atoms with E-state index < -0.39 is 0 Å². The van der Waals surface area contributed by atoms with Crippen molar-refractivity contribution in [3.63, 3.8) is 0 Å². The monoisotopic (exact) mass is 240 g/mol. The molecule has 5 heteroatoms. The van der Waals surface area contributed by atoms with E-state index >= 15 is 0 Å². The first-order chi connectivity index (χ1) is 7.65. The maximum atomic E-state index is 4.35. The molecule has 1 aromatic rings. The second-order valence-corrected chi connectivity index (χ2v) is 4.92. The zero-order valence-corrected chi connectivity index (χ0v) is 11.2. The molecule has 0 aliphatic rings. The van der Waals surface area contributed by atoms with Crippen LogP contribution in [0.15, 0.2) is 6.07 Å².